The van der Waals surface area contributed by atoms with Crippen LogP contribution < -0.4 is 0 Å². The van der Waals surface area contributed by atoms with Crippen LogP contribution in [0.4, 0.5) is 0 Å². The summed E-state index contributed by atoms with van der Waals surface area (Å²) in [4.78, 5) is 10.8. The van der Waals surface area contributed by atoms with Crippen molar-refractivity contribution in [2.45, 2.75) is 13.8 Å². The molecule has 1 heterocycles. The molecule has 2 rings (SSSR count). The predicted molar refractivity (Wildman–Crippen MR) is 62.2 cm³/mol. The van der Waals surface area contributed by atoms with Crippen molar-refractivity contribution in [3.8, 4) is 0 Å². The zero-order chi connectivity index (χ0) is 11.7. The van der Waals surface area contributed by atoms with Gasteiger partial charge >= 0.3 is 5.97 Å². The van der Waals surface area contributed by atoms with Crippen molar-refractivity contribution < 1.29 is 14.3 Å². The molecule has 0 bridgehead atoms. The second-order valence-corrected chi connectivity index (χ2v) is 3.70. The Hall–Kier alpha value is -2.03. The highest BCUT2D eigenvalue weighted by Gasteiger charge is 2.09. The van der Waals surface area contributed by atoms with Gasteiger partial charge in [-0.15, -0.1) is 0 Å². The third kappa shape index (κ3) is 1.72. The van der Waals surface area contributed by atoms with Gasteiger partial charge in [0.1, 0.15) is 11.3 Å². The van der Waals surface area contributed by atoms with Crippen molar-refractivity contribution in [3.05, 3.63) is 41.2 Å². The average Bonchev–Trinajstić information content (AvgIpc) is 2.55. The zero-order valence-electron chi connectivity index (χ0n) is 9.15. The Morgan fingerprint density at radius 2 is 2.06 bits per heavy atom. The SMILES string of the molecule is C/C(=C/c1c(C)oc2ccccc12)C(=O)O. The zero-order valence-corrected chi connectivity index (χ0v) is 9.15. The quantitative estimate of drug-likeness (QED) is 0.784. The molecule has 1 aromatic carbocycles. The first-order chi connectivity index (χ1) is 7.59. The number of carboxylic acids is 1. The molecular weight excluding hydrogens is 204 g/mol. The number of fused-ring (bicyclic) bond motifs is 1. The first kappa shape index (κ1) is 10.5. The molecule has 1 aromatic heterocycles. The summed E-state index contributed by atoms with van der Waals surface area (Å²) >= 11 is 0. The summed E-state index contributed by atoms with van der Waals surface area (Å²) in [6.07, 6.45) is 1.64. The molecule has 0 saturated carbocycles. The number of para-hydroxylation sites is 1. The van der Waals surface area contributed by atoms with E-state index in [1.807, 2.05) is 31.2 Å². The minimum absolute atomic E-state index is 0.301. The second-order valence-electron chi connectivity index (χ2n) is 3.70. The summed E-state index contributed by atoms with van der Waals surface area (Å²) in [6.45, 7) is 3.41. The van der Waals surface area contributed by atoms with Gasteiger partial charge in [0.15, 0.2) is 0 Å². The lowest BCUT2D eigenvalue weighted by molar-refractivity contribution is -0.132. The highest BCUT2D eigenvalue weighted by Crippen LogP contribution is 2.27. The molecule has 0 spiro atoms. The van der Waals surface area contributed by atoms with Crippen LogP contribution in [0.3, 0.4) is 0 Å². The fourth-order valence-electron chi connectivity index (χ4n) is 1.65. The number of hydrogen-bond donors (Lipinski definition) is 1. The fourth-order valence-corrected chi connectivity index (χ4v) is 1.65. The molecule has 0 amide bonds. The van der Waals surface area contributed by atoms with Gasteiger partial charge in [0.25, 0.3) is 0 Å². The molecule has 0 atom stereocenters. The molecule has 1 N–H and O–H groups in total. The lowest BCUT2D eigenvalue weighted by Gasteiger charge is -1.94. The van der Waals surface area contributed by atoms with Crippen LogP contribution in [0.5, 0.6) is 0 Å². The van der Waals surface area contributed by atoms with Crippen LogP contribution in [0, 0.1) is 6.92 Å². The van der Waals surface area contributed by atoms with Gasteiger partial charge in [-0.1, -0.05) is 18.2 Å². The number of aryl methyl sites for hydroxylation is 1. The Bertz CT molecular complexity index is 576. The molecule has 0 fully saturated rings. The Labute approximate surface area is 93.0 Å². The van der Waals surface area contributed by atoms with E-state index in [0.29, 0.717) is 5.57 Å². The van der Waals surface area contributed by atoms with Crippen molar-refractivity contribution in [1.29, 1.82) is 0 Å². The number of carboxylic acid groups (broad SMARTS) is 1. The number of rotatable bonds is 2. The van der Waals surface area contributed by atoms with E-state index in [1.165, 1.54) is 0 Å². The number of hydrogen-bond acceptors (Lipinski definition) is 2. The summed E-state index contributed by atoms with van der Waals surface area (Å²) in [7, 11) is 0. The maximum atomic E-state index is 10.8. The molecule has 0 unspecified atom stereocenters. The molecule has 0 radical (unpaired) electrons. The van der Waals surface area contributed by atoms with Crippen LogP contribution in [0.25, 0.3) is 17.0 Å². The minimum atomic E-state index is -0.912. The Balaban J connectivity index is 2.64. The first-order valence-electron chi connectivity index (χ1n) is 4.99. The number of benzene rings is 1. The summed E-state index contributed by atoms with van der Waals surface area (Å²) in [6, 6.07) is 7.59. The maximum absolute atomic E-state index is 10.8. The van der Waals surface area contributed by atoms with Crippen molar-refractivity contribution >= 4 is 23.0 Å². The van der Waals surface area contributed by atoms with Crippen molar-refractivity contribution in [2.75, 3.05) is 0 Å². The molecule has 0 aliphatic rings. The van der Waals surface area contributed by atoms with Gasteiger partial charge in [-0.25, -0.2) is 4.79 Å². The predicted octanol–water partition coefficient (Wildman–Crippen LogP) is 3.23. The second kappa shape index (κ2) is 3.85. The Morgan fingerprint density at radius 3 is 2.75 bits per heavy atom. The van der Waals surface area contributed by atoms with Crippen molar-refractivity contribution in [3.63, 3.8) is 0 Å². The van der Waals surface area contributed by atoms with Crippen LogP contribution in [0.15, 0.2) is 34.3 Å². The van der Waals surface area contributed by atoms with E-state index >= 15 is 0 Å². The normalized spacial score (nSPS) is 12.0. The molecule has 0 aliphatic heterocycles. The number of carbonyl (C=O) groups is 1. The first-order valence-corrected chi connectivity index (χ1v) is 4.99. The van der Waals surface area contributed by atoms with Gasteiger partial charge in [-0.05, 0) is 26.0 Å². The minimum Gasteiger partial charge on any atom is -0.478 e. The molecule has 0 aliphatic carbocycles. The van der Waals surface area contributed by atoms with E-state index in [4.69, 9.17) is 9.52 Å². The summed E-state index contributed by atoms with van der Waals surface area (Å²) in [5.74, 6) is -0.175. The van der Waals surface area contributed by atoms with Gasteiger partial charge < -0.3 is 9.52 Å². The summed E-state index contributed by atoms with van der Waals surface area (Å²) in [5.41, 5.74) is 1.93. The van der Waals surface area contributed by atoms with Crippen LogP contribution in [-0.2, 0) is 4.79 Å². The van der Waals surface area contributed by atoms with E-state index < -0.39 is 5.97 Å². The van der Waals surface area contributed by atoms with E-state index in [0.717, 1.165) is 22.3 Å². The van der Waals surface area contributed by atoms with Gasteiger partial charge in [0.05, 0.1) is 0 Å². The van der Waals surface area contributed by atoms with Crippen LogP contribution >= 0.6 is 0 Å². The van der Waals surface area contributed by atoms with Crippen molar-refractivity contribution in [2.24, 2.45) is 0 Å². The van der Waals surface area contributed by atoms with Gasteiger partial charge in [-0.3, -0.25) is 0 Å². The largest absolute Gasteiger partial charge is 0.478 e. The topological polar surface area (TPSA) is 50.4 Å². The van der Waals surface area contributed by atoms with Gasteiger partial charge in [0, 0.05) is 16.5 Å². The van der Waals surface area contributed by atoms with Crippen LogP contribution in [0.2, 0.25) is 0 Å². The number of aliphatic carboxylic acids is 1. The lowest BCUT2D eigenvalue weighted by atomic mass is 10.1. The van der Waals surface area contributed by atoms with Gasteiger partial charge in [0.2, 0.25) is 0 Å². The summed E-state index contributed by atoms with van der Waals surface area (Å²) in [5, 5.41) is 9.79. The monoisotopic (exact) mass is 216 g/mol. The van der Waals surface area contributed by atoms with E-state index in [2.05, 4.69) is 0 Å². The third-order valence-corrected chi connectivity index (χ3v) is 2.52. The standard InChI is InChI=1S/C13H12O3/c1-8(13(14)15)7-11-9(2)16-12-6-4-3-5-10(11)12/h3-7H,1-2H3,(H,14,15)/b8-7-. The molecule has 3 nitrogen and oxygen atoms in total. The molecule has 16 heavy (non-hydrogen) atoms. The molecule has 2 aromatic rings. The third-order valence-electron chi connectivity index (χ3n) is 2.52. The summed E-state index contributed by atoms with van der Waals surface area (Å²) < 4.78 is 5.54. The highest BCUT2D eigenvalue weighted by molar-refractivity contribution is 5.96. The molecule has 0 saturated heterocycles. The fraction of sp³-hybridized carbons (Fsp3) is 0.154. The average molecular weight is 216 g/mol. The Morgan fingerprint density at radius 1 is 1.38 bits per heavy atom. The van der Waals surface area contributed by atoms with Gasteiger partial charge in [-0.2, -0.15) is 0 Å². The smallest absolute Gasteiger partial charge is 0.331 e. The van der Waals surface area contributed by atoms with Crippen LogP contribution in [0.1, 0.15) is 18.2 Å². The number of furan rings is 1. The Kier molecular flexibility index (Phi) is 2.52. The maximum Gasteiger partial charge on any atom is 0.331 e. The van der Waals surface area contributed by atoms with E-state index in [-0.39, 0.29) is 0 Å². The van der Waals surface area contributed by atoms with Crippen LogP contribution in [-0.4, -0.2) is 11.1 Å². The highest BCUT2D eigenvalue weighted by atomic mass is 16.4. The molecule has 82 valence electrons. The van der Waals surface area contributed by atoms with E-state index in [1.54, 1.807) is 13.0 Å². The lowest BCUT2D eigenvalue weighted by Crippen LogP contribution is -1.95. The van der Waals surface area contributed by atoms with Crippen molar-refractivity contribution in [1.82, 2.24) is 0 Å². The molecule has 3 heteroatoms. The van der Waals surface area contributed by atoms with E-state index in [9.17, 15) is 4.79 Å². The molecular formula is C13H12O3.